The Morgan fingerprint density at radius 3 is 2.36 bits per heavy atom. The molecule has 0 fully saturated rings. The molecule has 0 atom stereocenters. The molecule has 8 nitrogen and oxygen atoms in total. The zero-order chi connectivity index (χ0) is 23.5. The van der Waals surface area contributed by atoms with Crippen LogP contribution < -0.4 is 20.3 Å². The molecule has 4 rings (SSSR count). The van der Waals surface area contributed by atoms with Crippen LogP contribution in [0, 0.1) is 0 Å². The number of carbonyl (C=O) groups is 2. The number of nitrogens with zero attached hydrogens (tertiary/aromatic N) is 1. The number of ether oxygens (including phenoxy) is 2. The Hall–Kier alpha value is -3.56. The minimum atomic E-state index is -0.572. The van der Waals surface area contributed by atoms with Gasteiger partial charge in [0, 0.05) is 34.1 Å². The first-order valence-electron chi connectivity index (χ1n) is 9.67. The molecule has 2 aromatic heterocycles. The zero-order valence-corrected chi connectivity index (χ0v) is 19.9. The summed E-state index contributed by atoms with van der Waals surface area (Å²) >= 11 is 9.27. The maximum atomic E-state index is 13.1. The maximum absolute atomic E-state index is 13.1. The van der Waals surface area contributed by atoms with Gasteiger partial charge in [-0.3, -0.25) is 20.4 Å². The third-order valence-electron chi connectivity index (χ3n) is 4.99. The molecule has 2 heterocycles. The molecule has 0 saturated carbocycles. The van der Waals surface area contributed by atoms with Crippen molar-refractivity contribution >= 4 is 50.2 Å². The lowest BCUT2D eigenvalue weighted by atomic mass is 10.0. The number of H-pyrrole nitrogens is 1. The zero-order valence-electron chi connectivity index (χ0n) is 17.5. The number of methoxy groups -OCH3 is 2. The van der Waals surface area contributed by atoms with Crippen LogP contribution in [-0.2, 0) is 0 Å². The van der Waals surface area contributed by atoms with Crippen molar-refractivity contribution in [2.24, 2.45) is 0 Å². The van der Waals surface area contributed by atoms with Gasteiger partial charge in [0.25, 0.3) is 11.8 Å². The second-order valence-corrected chi connectivity index (χ2v) is 8.19. The van der Waals surface area contributed by atoms with Crippen molar-refractivity contribution in [3.8, 4) is 22.6 Å². The fourth-order valence-electron chi connectivity index (χ4n) is 3.46. The summed E-state index contributed by atoms with van der Waals surface area (Å²) in [5.41, 5.74) is 7.56. The number of nitrogens with one attached hydrogen (secondary N) is 3. The number of hydrogen-bond donors (Lipinski definition) is 3. The summed E-state index contributed by atoms with van der Waals surface area (Å²) in [6.45, 7) is 0. The molecule has 33 heavy (non-hydrogen) atoms. The van der Waals surface area contributed by atoms with Crippen LogP contribution in [0.15, 0.2) is 59.3 Å². The van der Waals surface area contributed by atoms with Gasteiger partial charge < -0.3 is 14.5 Å². The molecule has 0 saturated heterocycles. The number of halogens is 2. The van der Waals surface area contributed by atoms with Crippen LogP contribution in [0.1, 0.15) is 20.7 Å². The fraction of sp³-hybridized carbons (Fsp3) is 0.0870. The van der Waals surface area contributed by atoms with Crippen LogP contribution in [0.25, 0.3) is 22.0 Å². The monoisotopic (exact) mass is 528 g/mol. The normalized spacial score (nSPS) is 10.7. The minimum absolute atomic E-state index is 0.166. The summed E-state index contributed by atoms with van der Waals surface area (Å²) < 4.78 is 12.0. The molecular weight excluding hydrogens is 512 g/mol. The molecule has 0 aliphatic heterocycles. The Balaban J connectivity index is 1.72. The van der Waals surface area contributed by atoms with E-state index in [-0.39, 0.29) is 22.0 Å². The maximum Gasteiger partial charge on any atom is 0.275 e. The van der Waals surface area contributed by atoms with Gasteiger partial charge in [-0.05, 0) is 29.8 Å². The van der Waals surface area contributed by atoms with E-state index in [2.05, 4.69) is 36.7 Å². The summed E-state index contributed by atoms with van der Waals surface area (Å²) in [5, 5.41) is 0.873. The Morgan fingerprint density at radius 2 is 1.70 bits per heavy atom. The van der Waals surface area contributed by atoms with Crippen LogP contribution in [0.3, 0.4) is 0 Å². The molecule has 2 amide bonds. The number of hydrazine groups is 1. The largest absolute Gasteiger partial charge is 0.496 e. The summed E-state index contributed by atoms with van der Waals surface area (Å²) in [7, 11) is 3.00. The van der Waals surface area contributed by atoms with Gasteiger partial charge >= 0.3 is 0 Å². The van der Waals surface area contributed by atoms with Crippen LogP contribution >= 0.6 is 27.5 Å². The molecule has 168 valence electrons. The third kappa shape index (κ3) is 4.50. The second kappa shape index (κ2) is 9.51. The molecule has 10 heteroatoms. The highest BCUT2D eigenvalue weighted by Crippen LogP contribution is 2.41. The van der Waals surface area contributed by atoms with E-state index < -0.39 is 11.8 Å². The lowest BCUT2D eigenvalue weighted by Crippen LogP contribution is -2.41. The van der Waals surface area contributed by atoms with Crippen molar-refractivity contribution in [3.63, 3.8) is 0 Å². The average molecular weight is 530 g/mol. The summed E-state index contributed by atoms with van der Waals surface area (Å²) in [4.78, 5) is 32.5. The Labute approximate surface area is 202 Å². The van der Waals surface area contributed by atoms with Crippen molar-refractivity contribution in [1.29, 1.82) is 0 Å². The summed E-state index contributed by atoms with van der Waals surface area (Å²) in [6, 6.07) is 12.3. The Kier molecular flexibility index (Phi) is 6.52. The SMILES string of the molecule is COc1cc(OC)c2c(-c3ccc(Br)cc3)c[nH]c2c1C(=O)NNC(=O)c1ccnc(Cl)c1. The van der Waals surface area contributed by atoms with Crippen molar-refractivity contribution in [3.05, 3.63) is 75.6 Å². The number of aromatic nitrogens is 2. The molecule has 3 N–H and O–H groups in total. The van der Waals surface area contributed by atoms with Crippen LogP contribution in [-0.4, -0.2) is 36.0 Å². The van der Waals surface area contributed by atoms with Crippen molar-refractivity contribution < 1.29 is 19.1 Å². The molecule has 0 aliphatic carbocycles. The highest BCUT2D eigenvalue weighted by molar-refractivity contribution is 9.10. The molecule has 0 aliphatic rings. The lowest BCUT2D eigenvalue weighted by Gasteiger charge is -2.14. The van der Waals surface area contributed by atoms with Gasteiger partial charge in [0.2, 0.25) is 0 Å². The number of aromatic amines is 1. The van der Waals surface area contributed by atoms with E-state index in [4.69, 9.17) is 21.1 Å². The van der Waals surface area contributed by atoms with Crippen LogP contribution in [0.5, 0.6) is 11.5 Å². The topological polar surface area (TPSA) is 105 Å². The number of rotatable bonds is 5. The van der Waals surface area contributed by atoms with Crippen molar-refractivity contribution in [2.75, 3.05) is 14.2 Å². The second-order valence-electron chi connectivity index (χ2n) is 6.89. The van der Waals surface area contributed by atoms with Gasteiger partial charge in [-0.25, -0.2) is 4.98 Å². The predicted octanol–water partition coefficient (Wildman–Crippen LogP) is 4.74. The average Bonchev–Trinajstić information content (AvgIpc) is 3.26. The smallest absolute Gasteiger partial charge is 0.275 e. The number of amides is 2. The van der Waals surface area contributed by atoms with E-state index >= 15 is 0 Å². The standard InChI is InChI=1S/C23H18BrClN4O4/c1-32-16-10-17(33-2)20(23(31)29-28-22(30)13-7-8-26-18(25)9-13)21-19(16)15(11-27-21)12-3-5-14(24)6-4-12/h3-11,27H,1-2H3,(H,28,30)(H,29,31). The highest BCUT2D eigenvalue weighted by atomic mass is 79.9. The van der Waals surface area contributed by atoms with Crippen LogP contribution in [0.2, 0.25) is 5.15 Å². The van der Waals surface area contributed by atoms with Gasteiger partial charge in [-0.1, -0.05) is 39.7 Å². The minimum Gasteiger partial charge on any atom is -0.496 e. The molecule has 2 aromatic carbocycles. The molecule has 0 bridgehead atoms. The van der Waals surface area contributed by atoms with E-state index in [0.29, 0.717) is 16.7 Å². The lowest BCUT2D eigenvalue weighted by molar-refractivity contribution is 0.0845. The Bertz CT molecular complexity index is 1350. The predicted molar refractivity (Wildman–Crippen MR) is 129 cm³/mol. The highest BCUT2D eigenvalue weighted by Gasteiger charge is 2.24. The number of fused-ring (bicyclic) bond motifs is 1. The number of pyridine rings is 1. The molecule has 0 unspecified atom stereocenters. The molecule has 0 radical (unpaired) electrons. The summed E-state index contributed by atoms with van der Waals surface area (Å²) in [5.74, 6) is -0.300. The number of carbonyl (C=O) groups excluding carboxylic acids is 2. The van der Waals surface area contributed by atoms with E-state index in [1.807, 2.05) is 24.3 Å². The molecule has 4 aromatic rings. The summed E-state index contributed by atoms with van der Waals surface area (Å²) in [6.07, 6.45) is 3.20. The van der Waals surface area contributed by atoms with Gasteiger partial charge in [0.1, 0.15) is 22.2 Å². The first-order chi connectivity index (χ1) is 15.9. The van der Waals surface area contributed by atoms with E-state index in [0.717, 1.165) is 15.6 Å². The molecule has 0 spiro atoms. The van der Waals surface area contributed by atoms with Crippen LogP contribution in [0.4, 0.5) is 0 Å². The van der Waals surface area contributed by atoms with Gasteiger partial charge in [0.15, 0.2) is 0 Å². The fourth-order valence-corrected chi connectivity index (χ4v) is 3.90. The van der Waals surface area contributed by atoms with E-state index in [9.17, 15) is 9.59 Å². The van der Waals surface area contributed by atoms with Crippen molar-refractivity contribution in [2.45, 2.75) is 0 Å². The Morgan fingerprint density at radius 1 is 1.00 bits per heavy atom. The van der Waals surface area contributed by atoms with E-state index in [1.54, 1.807) is 19.4 Å². The first-order valence-corrected chi connectivity index (χ1v) is 10.8. The van der Waals surface area contributed by atoms with Gasteiger partial charge in [-0.15, -0.1) is 0 Å². The molecular formula is C23H18BrClN4O4. The van der Waals surface area contributed by atoms with Gasteiger partial charge in [-0.2, -0.15) is 0 Å². The quantitative estimate of drug-likeness (QED) is 0.256. The third-order valence-corrected chi connectivity index (χ3v) is 5.72. The number of hydrogen-bond acceptors (Lipinski definition) is 5. The van der Waals surface area contributed by atoms with Gasteiger partial charge in [0.05, 0.1) is 25.1 Å². The van der Waals surface area contributed by atoms with E-state index in [1.165, 1.54) is 25.4 Å². The first kappa shape index (κ1) is 22.6. The number of benzene rings is 2. The van der Waals surface area contributed by atoms with Crippen molar-refractivity contribution in [1.82, 2.24) is 20.8 Å².